The number of ether oxygens (including phenoxy) is 1. The van der Waals surface area contributed by atoms with Crippen LogP contribution in [0.4, 0.5) is 5.69 Å². The summed E-state index contributed by atoms with van der Waals surface area (Å²) >= 11 is 9.11. The number of anilines is 1. The number of methoxy groups -OCH3 is 1. The molecule has 1 aromatic heterocycles. The van der Waals surface area contributed by atoms with Crippen molar-refractivity contribution in [2.75, 3.05) is 18.5 Å². The van der Waals surface area contributed by atoms with Crippen LogP contribution < -0.4 is 9.04 Å². The highest BCUT2D eigenvalue weighted by atomic mass is 79.9. The van der Waals surface area contributed by atoms with E-state index < -0.39 is 10.0 Å². The number of halogens is 2. The zero-order valence-corrected chi connectivity index (χ0v) is 14.4. The Kier molecular flexibility index (Phi) is 4.75. The SMILES string of the molecule is COc1ccccc1N(C)S(=O)(=O)c1cc(Br)cnc1Cl. The number of benzene rings is 1. The zero-order valence-electron chi connectivity index (χ0n) is 11.2. The first-order chi connectivity index (χ1) is 9.87. The molecule has 1 aromatic carbocycles. The normalized spacial score (nSPS) is 11.2. The molecule has 5 nitrogen and oxygen atoms in total. The van der Waals surface area contributed by atoms with Crippen molar-refractivity contribution in [3.8, 4) is 5.75 Å². The van der Waals surface area contributed by atoms with Gasteiger partial charge >= 0.3 is 0 Å². The first-order valence-electron chi connectivity index (χ1n) is 5.81. The Morgan fingerprint density at radius 3 is 2.67 bits per heavy atom. The molecular weight excluding hydrogens is 380 g/mol. The smallest absolute Gasteiger partial charge is 0.267 e. The molecule has 0 spiro atoms. The second kappa shape index (κ2) is 6.21. The summed E-state index contributed by atoms with van der Waals surface area (Å²) in [6.45, 7) is 0. The summed E-state index contributed by atoms with van der Waals surface area (Å²) in [4.78, 5) is 3.77. The fourth-order valence-electron chi connectivity index (χ4n) is 1.75. The van der Waals surface area contributed by atoms with Crippen molar-refractivity contribution in [1.82, 2.24) is 4.98 Å². The Morgan fingerprint density at radius 2 is 2.00 bits per heavy atom. The Balaban J connectivity index is 2.55. The van der Waals surface area contributed by atoms with E-state index in [0.29, 0.717) is 15.9 Å². The third-order valence-corrected chi connectivity index (χ3v) is 5.47. The topological polar surface area (TPSA) is 59.5 Å². The fourth-order valence-corrected chi connectivity index (χ4v) is 3.88. The van der Waals surface area contributed by atoms with Gasteiger partial charge in [0, 0.05) is 17.7 Å². The van der Waals surface area contributed by atoms with Crippen molar-refractivity contribution >= 4 is 43.2 Å². The minimum Gasteiger partial charge on any atom is -0.495 e. The third kappa shape index (κ3) is 3.14. The summed E-state index contributed by atoms with van der Waals surface area (Å²) in [5, 5.41) is -0.0834. The highest BCUT2D eigenvalue weighted by molar-refractivity contribution is 9.10. The van der Waals surface area contributed by atoms with Crippen LogP contribution in [0, 0.1) is 0 Å². The van der Waals surface area contributed by atoms with Crippen molar-refractivity contribution in [3.05, 3.63) is 46.2 Å². The summed E-state index contributed by atoms with van der Waals surface area (Å²) in [7, 11) is -0.935. The maximum absolute atomic E-state index is 12.7. The molecule has 0 aliphatic rings. The molecule has 0 saturated carbocycles. The van der Waals surface area contributed by atoms with Crippen molar-refractivity contribution in [3.63, 3.8) is 0 Å². The molecule has 21 heavy (non-hydrogen) atoms. The Morgan fingerprint density at radius 1 is 1.33 bits per heavy atom. The van der Waals surface area contributed by atoms with Gasteiger partial charge in [-0.05, 0) is 34.1 Å². The lowest BCUT2D eigenvalue weighted by Gasteiger charge is -2.21. The maximum atomic E-state index is 12.7. The summed E-state index contributed by atoms with van der Waals surface area (Å²) in [6, 6.07) is 8.23. The Hall–Kier alpha value is -1.31. The number of para-hydroxylation sites is 2. The van der Waals surface area contributed by atoms with E-state index in [9.17, 15) is 8.42 Å². The molecule has 0 fully saturated rings. The summed E-state index contributed by atoms with van der Waals surface area (Å²) in [5.74, 6) is 0.447. The standard InChI is InChI=1S/C13H12BrClN2O3S/c1-17(10-5-3-4-6-11(10)20-2)21(18,19)12-7-9(14)8-16-13(12)15/h3-8H,1-2H3. The van der Waals surface area contributed by atoms with Crippen molar-refractivity contribution in [2.45, 2.75) is 4.90 Å². The van der Waals surface area contributed by atoms with E-state index in [1.807, 2.05) is 0 Å². The van der Waals surface area contributed by atoms with Crippen LogP contribution >= 0.6 is 27.5 Å². The van der Waals surface area contributed by atoms with Crippen LogP contribution in [0.5, 0.6) is 5.75 Å². The molecule has 0 bridgehead atoms. The zero-order chi connectivity index (χ0) is 15.6. The van der Waals surface area contributed by atoms with Crippen LogP contribution in [-0.4, -0.2) is 27.6 Å². The molecule has 0 atom stereocenters. The Bertz CT molecular complexity index is 768. The monoisotopic (exact) mass is 390 g/mol. The van der Waals surface area contributed by atoms with E-state index in [1.54, 1.807) is 24.3 Å². The lowest BCUT2D eigenvalue weighted by molar-refractivity contribution is 0.416. The van der Waals surface area contributed by atoms with E-state index >= 15 is 0 Å². The van der Waals surface area contributed by atoms with Gasteiger partial charge in [-0.15, -0.1) is 0 Å². The van der Waals surface area contributed by atoms with Crippen molar-refractivity contribution in [1.29, 1.82) is 0 Å². The van der Waals surface area contributed by atoms with Crippen LogP contribution in [0.3, 0.4) is 0 Å². The summed E-state index contributed by atoms with van der Waals surface area (Å²) < 4.78 is 32.2. The number of hydrogen-bond donors (Lipinski definition) is 0. The molecule has 0 amide bonds. The number of pyridine rings is 1. The Labute approximate surface area is 136 Å². The predicted octanol–water partition coefficient (Wildman–Crippen LogP) is 3.33. The van der Waals surface area contributed by atoms with Gasteiger partial charge in [0.05, 0.1) is 12.8 Å². The van der Waals surface area contributed by atoms with E-state index in [-0.39, 0.29) is 10.0 Å². The highest BCUT2D eigenvalue weighted by Crippen LogP contribution is 2.33. The van der Waals surface area contributed by atoms with E-state index in [0.717, 1.165) is 4.31 Å². The number of sulfonamides is 1. The van der Waals surface area contributed by atoms with Gasteiger partial charge in [-0.25, -0.2) is 13.4 Å². The van der Waals surface area contributed by atoms with Crippen LogP contribution in [0.2, 0.25) is 5.15 Å². The molecule has 1 heterocycles. The molecule has 2 rings (SSSR count). The van der Waals surface area contributed by atoms with Gasteiger partial charge in [0.25, 0.3) is 10.0 Å². The second-order valence-electron chi connectivity index (χ2n) is 4.09. The number of rotatable bonds is 4. The lowest BCUT2D eigenvalue weighted by Crippen LogP contribution is -2.27. The van der Waals surface area contributed by atoms with Gasteiger partial charge < -0.3 is 4.74 Å². The first-order valence-corrected chi connectivity index (χ1v) is 8.42. The highest BCUT2D eigenvalue weighted by Gasteiger charge is 2.26. The predicted molar refractivity (Wildman–Crippen MR) is 85.5 cm³/mol. The van der Waals surface area contributed by atoms with Crippen LogP contribution in [0.25, 0.3) is 0 Å². The van der Waals surface area contributed by atoms with Crippen LogP contribution in [0.1, 0.15) is 0 Å². The van der Waals surface area contributed by atoms with Gasteiger partial charge in [0.15, 0.2) is 0 Å². The number of hydrogen-bond acceptors (Lipinski definition) is 4. The molecular formula is C13H12BrClN2O3S. The average Bonchev–Trinajstić information content (AvgIpc) is 2.48. The summed E-state index contributed by atoms with van der Waals surface area (Å²) in [5.41, 5.74) is 0.413. The van der Waals surface area contributed by atoms with E-state index in [1.165, 1.54) is 26.4 Å². The van der Waals surface area contributed by atoms with Gasteiger partial charge in [0.2, 0.25) is 0 Å². The maximum Gasteiger partial charge on any atom is 0.267 e. The number of nitrogens with zero attached hydrogens (tertiary/aromatic N) is 2. The first kappa shape index (κ1) is 16.1. The van der Waals surface area contributed by atoms with Gasteiger partial charge in [-0.3, -0.25) is 4.31 Å². The van der Waals surface area contributed by atoms with Crippen LogP contribution in [0.15, 0.2) is 45.9 Å². The number of aromatic nitrogens is 1. The minimum atomic E-state index is -3.85. The third-order valence-electron chi connectivity index (χ3n) is 2.84. The van der Waals surface area contributed by atoms with Gasteiger partial charge in [0.1, 0.15) is 15.8 Å². The second-order valence-corrected chi connectivity index (χ2v) is 7.30. The van der Waals surface area contributed by atoms with E-state index in [2.05, 4.69) is 20.9 Å². The molecule has 0 N–H and O–H groups in total. The minimum absolute atomic E-state index is 0.0769. The quantitative estimate of drug-likeness (QED) is 0.750. The van der Waals surface area contributed by atoms with E-state index in [4.69, 9.17) is 16.3 Å². The molecule has 0 unspecified atom stereocenters. The fraction of sp³-hybridized carbons (Fsp3) is 0.154. The van der Waals surface area contributed by atoms with Gasteiger partial charge in [-0.1, -0.05) is 23.7 Å². The molecule has 0 aliphatic heterocycles. The lowest BCUT2D eigenvalue weighted by atomic mass is 10.3. The molecule has 0 saturated heterocycles. The molecule has 8 heteroatoms. The summed E-state index contributed by atoms with van der Waals surface area (Å²) in [6.07, 6.45) is 1.43. The molecule has 0 radical (unpaired) electrons. The van der Waals surface area contributed by atoms with Crippen molar-refractivity contribution in [2.24, 2.45) is 0 Å². The van der Waals surface area contributed by atoms with Crippen molar-refractivity contribution < 1.29 is 13.2 Å². The molecule has 0 aliphatic carbocycles. The van der Waals surface area contributed by atoms with Gasteiger partial charge in [-0.2, -0.15) is 0 Å². The average molecular weight is 392 g/mol. The van der Waals surface area contributed by atoms with Crippen LogP contribution in [-0.2, 0) is 10.0 Å². The largest absolute Gasteiger partial charge is 0.495 e. The molecule has 112 valence electrons. The molecule has 2 aromatic rings.